The minimum absolute atomic E-state index is 0.0370. The largest absolute Gasteiger partial charge is 0.477 e. The molecule has 3 rings (SSSR count). The number of nitro benzene ring substituents is 2. The smallest absolute Gasteiger partial charge is 0.311 e. The van der Waals surface area contributed by atoms with E-state index in [2.05, 4.69) is 10.1 Å². The number of non-ortho nitro benzene ring substituents is 1. The quantitative estimate of drug-likeness (QED) is 0.483. The number of benzene rings is 2. The van der Waals surface area contributed by atoms with Crippen LogP contribution in [0.1, 0.15) is 5.89 Å². The molecule has 26 heavy (non-hydrogen) atoms. The number of ether oxygens (including phenoxy) is 1. The van der Waals surface area contributed by atoms with Crippen LogP contribution in [0.25, 0.3) is 11.4 Å². The summed E-state index contributed by atoms with van der Waals surface area (Å²) in [5, 5.41) is 25.4. The van der Waals surface area contributed by atoms with Crippen LogP contribution in [0.2, 0.25) is 0 Å². The summed E-state index contributed by atoms with van der Waals surface area (Å²) in [4.78, 5) is 24.5. The van der Waals surface area contributed by atoms with Crippen LogP contribution >= 0.6 is 0 Å². The van der Waals surface area contributed by atoms with Crippen LogP contribution in [0.15, 0.2) is 47.0 Å². The molecule has 0 fully saturated rings. The lowest BCUT2D eigenvalue weighted by Gasteiger charge is -2.03. The van der Waals surface area contributed by atoms with Crippen molar-refractivity contribution < 1.29 is 23.5 Å². The Morgan fingerprint density at radius 1 is 1.12 bits per heavy atom. The lowest BCUT2D eigenvalue weighted by Crippen LogP contribution is -2.00. The Morgan fingerprint density at radius 3 is 2.65 bits per heavy atom. The van der Waals surface area contributed by atoms with Crippen LogP contribution in [-0.2, 0) is 6.61 Å². The molecular formula is C15H9FN4O6. The number of nitrogens with zero attached hydrogens (tertiary/aromatic N) is 4. The van der Waals surface area contributed by atoms with E-state index in [0.29, 0.717) is 5.56 Å². The molecule has 0 unspecified atom stereocenters. The molecule has 0 N–H and O–H groups in total. The zero-order valence-corrected chi connectivity index (χ0v) is 12.9. The molecule has 0 atom stereocenters. The third-order valence-corrected chi connectivity index (χ3v) is 3.25. The summed E-state index contributed by atoms with van der Waals surface area (Å²) in [5.74, 6) is -0.940. The van der Waals surface area contributed by atoms with Gasteiger partial charge in [0.1, 0.15) is 5.82 Å². The van der Waals surface area contributed by atoms with E-state index >= 15 is 0 Å². The van der Waals surface area contributed by atoms with Crippen molar-refractivity contribution in [1.29, 1.82) is 0 Å². The molecule has 0 aliphatic rings. The summed E-state index contributed by atoms with van der Waals surface area (Å²) in [7, 11) is 0. The van der Waals surface area contributed by atoms with Crippen molar-refractivity contribution in [2.45, 2.75) is 6.61 Å². The zero-order chi connectivity index (χ0) is 18.7. The van der Waals surface area contributed by atoms with Gasteiger partial charge in [-0.25, -0.2) is 4.39 Å². The molecule has 132 valence electrons. The maximum atomic E-state index is 13.3. The maximum absolute atomic E-state index is 13.3. The Morgan fingerprint density at radius 2 is 1.92 bits per heavy atom. The van der Waals surface area contributed by atoms with Gasteiger partial charge in [0.25, 0.3) is 11.6 Å². The first-order valence-corrected chi connectivity index (χ1v) is 7.08. The Labute approximate surface area is 144 Å². The van der Waals surface area contributed by atoms with E-state index < -0.39 is 21.4 Å². The van der Waals surface area contributed by atoms with Gasteiger partial charge in [-0.1, -0.05) is 17.3 Å². The van der Waals surface area contributed by atoms with E-state index in [9.17, 15) is 24.6 Å². The second kappa shape index (κ2) is 6.93. The summed E-state index contributed by atoms with van der Waals surface area (Å²) in [5.41, 5.74) is -0.198. The van der Waals surface area contributed by atoms with E-state index in [1.54, 1.807) is 6.07 Å². The van der Waals surface area contributed by atoms with Gasteiger partial charge in [-0.15, -0.1) is 0 Å². The highest BCUT2D eigenvalue weighted by Crippen LogP contribution is 2.28. The Balaban J connectivity index is 1.78. The van der Waals surface area contributed by atoms with Crippen molar-refractivity contribution in [3.05, 3.63) is 74.4 Å². The highest BCUT2D eigenvalue weighted by molar-refractivity contribution is 5.58. The van der Waals surface area contributed by atoms with Gasteiger partial charge in [-0.2, -0.15) is 4.98 Å². The average molecular weight is 360 g/mol. The van der Waals surface area contributed by atoms with Crippen LogP contribution in [0.4, 0.5) is 15.8 Å². The molecule has 0 saturated carbocycles. The normalized spacial score (nSPS) is 10.5. The first-order valence-electron chi connectivity index (χ1n) is 7.08. The van der Waals surface area contributed by atoms with Crippen molar-refractivity contribution in [2.75, 3.05) is 0 Å². The lowest BCUT2D eigenvalue weighted by molar-refractivity contribution is -0.386. The fraction of sp³-hybridized carbons (Fsp3) is 0.0667. The number of nitro groups is 2. The minimum atomic E-state index is -0.711. The van der Waals surface area contributed by atoms with Crippen LogP contribution in [0, 0.1) is 26.0 Å². The second-order valence-corrected chi connectivity index (χ2v) is 4.98. The number of hydrogen-bond donors (Lipinski definition) is 0. The SMILES string of the molecule is O=[N+]([O-])c1cccc(-c2noc(COc3cc(F)ccc3[N+](=O)[O-])n2)c1. The van der Waals surface area contributed by atoms with E-state index in [0.717, 1.165) is 18.2 Å². The standard InChI is InChI=1S/C15H9FN4O6/c16-10-4-5-12(20(23)24)13(7-10)25-8-14-17-15(18-26-14)9-2-1-3-11(6-9)19(21)22/h1-7H,8H2. The Bertz CT molecular complexity index is 990. The van der Waals surface area contributed by atoms with Gasteiger partial charge in [-0.3, -0.25) is 20.2 Å². The topological polar surface area (TPSA) is 134 Å². The summed E-state index contributed by atoms with van der Waals surface area (Å²) in [6.45, 7) is -0.341. The number of aromatic nitrogens is 2. The molecule has 11 heteroatoms. The molecule has 0 saturated heterocycles. The van der Waals surface area contributed by atoms with Gasteiger partial charge < -0.3 is 9.26 Å². The lowest BCUT2D eigenvalue weighted by atomic mass is 10.2. The molecule has 0 amide bonds. The number of rotatable bonds is 6. The molecule has 0 aliphatic heterocycles. The van der Waals surface area contributed by atoms with Crippen molar-refractivity contribution in [3.8, 4) is 17.1 Å². The molecule has 0 bridgehead atoms. The predicted octanol–water partition coefficient (Wildman–Crippen LogP) is 3.27. The van der Waals surface area contributed by atoms with E-state index in [1.165, 1.54) is 18.2 Å². The molecule has 0 radical (unpaired) electrons. The van der Waals surface area contributed by atoms with Crippen LogP contribution < -0.4 is 4.74 Å². The molecule has 0 spiro atoms. The third kappa shape index (κ3) is 3.61. The average Bonchev–Trinajstić information content (AvgIpc) is 3.09. The molecule has 0 aliphatic carbocycles. The van der Waals surface area contributed by atoms with E-state index in [4.69, 9.17) is 9.26 Å². The minimum Gasteiger partial charge on any atom is -0.477 e. The zero-order valence-electron chi connectivity index (χ0n) is 12.9. The van der Waals surface area contributed by atoms with Gasteiger partial charge in [0.15, 0.2) is 6.61 Å². The molecule has 1 heterocycles. The monoisotopic (exact) mass is 360 g/mol. The number of hydrogen-bond acceptors (Lipinski definition) is 8. The highest BCUT2D eigenvalue weighted by atomic mass is 19.1. The summed E-state index contributed by atoms with van der Waals surface area (Å²) < 4.78 is 23.4. The molecule has 2 aromatic carbocycles. The van der Waals surface area contributed by atoms with Crippen LogP contribution in [-0.4, -0.2) is 20.0 Å². The van der Waals surface area contributed by atoms with Gasteiger partial charge in [0.05, 0.1) is 9.85 Å². The first kappa shape index (κ1) is 17.0. The first-order chi connectivity index (χ1) is 12.4. The Hall–Kier alpha value is -3.89. The van der Waals surface area contributed by atoms with E-state index in [1.807, 2.05) is 0 Å². The van der Waals surface area contributed by atoms with Crippen LogP contribution in [0.3, 0.4) is 0 Å². The fourth-order valence-electron chi connectivity index (χ4n) is 2.08. The molecule has 3 aromatic rings. The Kier molecular flexibility index (Phi) is 4.51. The van der Waals surface area contributed by atoms with Gasteiger partial charge in [0.2, 0.25) is 11.6 Å². The van der Waals surface area contributed by atoms with Crippen LogP contribution in [0.5, 0.6) is 5.75 Å². The van der Waals surface area contributed by atoms with Crippen molar-refractivity contribution in [2.24, 2.45) is 0 Å². The van der Waals surface area contributed by atoms with Crippen molar-refractivity contribution in [3.63, 3.8) is 0 Å². The maximum Gasteiger partial charge on any atom is 0.311 e. The highest BCUT2D eigenvalue weighted by Gasteiger charge is 2.18. The molecule has 10 nitrogen and oxygen atoms in total. The van der Waals surface area contributed by atoms with Gasteiger partial charge in [0, 0.05) is 29.8 Å². The molecule has 1 aromatic heterocycles. The number of halogens is 1. The predicted molar refractivity (Wildman–Crippen MR) is 83.8 cm³/mol. The second-order valence-electron chi connectivity index (χ2n) is 4.98. The van der Waals surface area contributed by atoms with Gasteiger partial charge in [-0.05, 0) is 6.07 Å². The summed E-state index contributed by atoms with van der Waals surface area (Å²) in [6, 6.07) is 8.40. The summed E-state index contributed by atoms with van der Waals surface area (Å²) >= 11 is 0. The van der Waals surface area contributed by atoms with Crippen molar-refractivity contribution in [1.82, 2.24) is 10.1 Å². The fourth-order valence-corrected chi connectivity index (χ4v) is 2.08. The van der Waals surface area contributed by atoms with Crippen molar-refractivity contribution >= 4 is 11.4 Å². The van der Waals surface area contributed by atoms with E-state index in [-0.39, 0.29) is 29.8 Å². The summed E-state index contributed by atoms with van der Waals surface area (Å²) in [6.07, 6.45) is 0. The molecular weight excluding hydrogens is 351 g/mol. The van der Waals surface area contributed by atoms with Gasteiger partial charge >= 0.3 is 5.69 Å². The third-order valence-electron chi connectivity index (χ3n) is 3.25.